The Kier molecular flexibility index (Phi) is 6.74. The third-order valence-corrected chi connectivity index (χ3v) is 6.10. The molecule has 35 heavy (non-hydrogen) atoms. The average Bonchev–Trinajstić information content (AvgIpc) is 3.50. The summed E-state index contributed by atoms with van der Waals surface area (Å²) in [5.41, 5.74) is 1.20. The zero-order valence-electron chi connectivity index (χ0n) is 19.7. The summed E-state index contributed by atoms with van der Waals surface area (Å²) >= 11 is 0. The molecule has 9 nitrogen and oxygen atoms in total. The first-order chi connectivity index (χ1) is 16.9. The molecule has 2 aliphatic rings. The van der Waals surface area contributed by atoms with Crippen molar-refractivity contribution in [2.75, 3.05) is 26.3 Å². The molecule has 1 N–H and O–H groups in total. The van der Waals surface area contributed by atoms with Crippen LogP contribution in [-0.2, 0) is 11.3 Å². The molecule has 0 unspecified atom stereocenters. The molecule has 2 saturated heterocycles. The topological polar surface area (TPSA) is 103 Å². The molecule has 0 spiro atoms. The maximum absolute atomic E-state index is 14.6. The predicted octanol–water partition coefficient (Wildman–Crippen LogP) is 3.18. The molecule has 5 rings (SSSR count). The fraction of sp³-hybridized carbons (Fsp3) is 0.440. The van der Waals surface area contributed by atoms with Gasteiger partial charge in [0, 0.05) is 31.2 Å². The molecule has 2 aromatic heterocycles. The minimum absolute atomic E-state index is 0.0103. The fourth-order valence-corrected chi connectivity index (χ4v) is 4.07. The summed E-state index contributed by atoms with van der Waals surface area (Å²) < 4.78 is 31.2. The van der Waals surface area contributed by atoms with Gasteiger partial charge >= 0.3 is 0 Å². The molecule has 10 heteroatoms. The van der Waals surface area contributed by atoms with Crippen LogP contribution in [-0.4, -0.2) is 64.4 Å². The number of hydrogen-bond acceptors (Lipinski definition) is 8. The quantitative estimate of drug-likeness (QED) is 0.523. The van der Waals surface area contributed by atoms with Gasteiger partial charge in [0.2, 0.25) is 5.89 Å². The van der Waals surface area contributed by atoms with Gasteiger partial charge in [0.1, 0.15) is 17.7 Å². The number of benzene rings is 1. The number of carbonyl (C=O) groups is 1. The van der Waals surface area contributed by atoms with E-state index in [-0.39, 0.29) is 23.6 Å². The number of likely N-dealkylation sites (tertiary alicyclic amines) is 1. The van der Waals surface area contributed by atoms with Crippen molar-refractivity contribution in [1.82, 2.24) is 25.3 Å². The van der Waals surface area contributed by atoms with Gasteiger partial charge in [-0.2, -0.15) is 4.98 Å². The smallest absolute Gasteiger partial charge is 0.254 e. The standard InChI is InChI=1S/C25H28FN5O4/c1-15(2)24-29-23(35-30-24)13-31-11-19(12-31)34-18-4-6-22(27-10-18)16-3-5-20(21(26)9-16)25(32)28-17-7-8-33-14-17/h3-6,9-10,15,17,19H,7-8,11-14H2,1-2H3,(H,28,32)/t17-/m0/s1. The van der Waals surface area contributed by atoms with Gasteiger partial charge < -0.3 is 19.3 Å². The monoisotopic (exact) mass is 481 g/mol. The van der Waals surface area contributed by atoms with Crippen molar-refractivity contribution in [2.45, 2.75) is 44.9 Å². The third-order valence-electron chi connectivity index (χ3n) is 6.10. The van der Waals surface area contributed by atoms with Gasteiger partial charge in [-0.15, -0.1) is 0 Å². The van der Waals surface area contributed by atoms with E-state index >= 15 is 0 Å². The first-order valence-corrected chi connectivity index (χ1v) is 11.8. The summed E-state index contributed by atoms with van der Waals surface area (Å²) in [4.78, 5) is 23.3. The van der Waals surface area contributed by atoms with Gasteiger partial charge in [0.25, 0.3) is 5.91 Å². The Morgan fingerprint density at radius 1 is 1.29 bits per heavy atom. The second kappa shape index (κ2) is 10.1. The molecule has 184 valence electrons. The fourth-order valence-electron chi connectivity index (χ4n) is 4.07. The van der Waals surface area contributed by atoms with Crippen molar-refractivity contribution in [3.05, 3.63) is 59.6 Å². The van der Waals surface area contributed by atoms with Crippen LogP contribution in [0.5, 0.6) is 5.75 Å². The van der Waals surface area contributed by atoms with Crippen LogP contribution in [0.4, 0.5) is 4.39 Å². The van der Waals surface area contributed by atoms with Crippen LogP contribution in [0.2, 0.25) is 0 Å². The van der Waals surface area contributed by atoms with Crippen LogP contribution in [0.15, 0.2) is 41.1 Å². The Bertz CT molecular complexity index is 1170. The van der Waals surface area contributed by atoms with Gasteiger partial charge in [0.15, 0.2) is 5.82 Å². The Morgan fingerprint density at radius 3 is 2.80 bits per heavy atom. The SMILES string of the molecule is CC(C)c1noc(CN2CC(Oc3ccc(-c4ccc(C(=O)N[C@H]5CCOC5)c(F)c4)nc3)C2)n1. The van der Waals surface area contributed by atoms with E-state index in [4.69, 9.17) is 14.0 Å². The number of nitrogens with one attached hydrogen (secondary N) is 1. The van der Waals surface area contributed by atoms with Gasteiger partial charge in [-0.1, -0.05) is 25.1 Å². The molecule has 2 aliphatic heterocycles. The maximum Gasteiger partial charge on any atom is 0.254 e. The molecule has 0 saturated carbocycles. The lowest BCUT2D eigenvalue weighted by Gasteiger charge is -2.37. The first-order valence-electron chi connectivity index (χ1n) is 11.8. The van der Waals surface area contributed by atoms with E-state index in [2.05, 4.69) is 25.3 Å². The van der Waals surface area contributed by atoms with Crippen LogP contribution in [0, 0.1) is 5.82 Å². The summed E-state index contributed by atoms with van der Waals surface area (Å²) in [6, 6.07) is 8.03. The lowest BCUT2D eigenvalue weighted by molar-refractivity contribution is 0.00844. The number of hydrogen-bond donors (Lipinski definition) is 1. The van der Waals surface area contributed by atoms with E-state index < -0.39 is 11.7 Å². The average molecular weight is 482 g/mol. The summed E-state index contributed by atoms with van der Waals surface area (Å²) in [5.74, 6) is 1.19. The molecule has 0 aliphatic carbocycles. The van der Waals surface area contributed by atoms with E-state index in [0.29, 0.717) is 42.7 Å². The largest absolute Gasteiger partial charge is 0.486 e. The summed E-state index contributed by atoms with van der Waals surface area (Å²) in [6.45, 7) is 7.23. The lowest BCUT2D eigenvalue weighted by Crippen LogP contribution is -2.53. The van der Waals surface area contributed by atoms with E-state index in [1.54, 1.807) is 18.3 Å². The molecule has 1 amide bonds. The molecular weight excluding hydrogens is 453 g/mol. The number of carbonyl (C=O) groups excluding carboxylic acids is 1. The number of pyridine rings is 1. The van der Waals surface area contributed by atoms with E-state index in [1.807, 2.05) is 19.9 Å². The number of ether oxygens (including phenoxy) is 2. The van der Waals surface area contributed by atoms with Crippen molar-refractivity contribution in [3.63, 3.8) is 0 Å². The molecule has 2 fully saturated rings. The number of nitrogens with zero attached hydrogens (tertiary/aromatic N) is 4. The second-order valence-corrected chi connectivity index (χ2v) is 9.24. The van der Waals surface area contributed by atoms with Gasteiger partial charge in [0.05, 0.1) is 36.6 Å². The van der Waals surface area contributed by atoms with Crippen molar-refractivity contribution in [1.29, 1.82) is 0 Å². The van der Waals surface area contributed by atoms with E-state index in [1.165, 1.54) is 12.1 Å². The molecule has 4 heterocycles. The van der Waals surface area contributed by atoms with Crippen molar-refractivity contribution in [3.8, 4) is 17.0 Å². The third kappa shape index (κ3) is 5.49. The van der Waals surface area contributed by atoms with Crippen LogP contribution in [0.25, 0.3) is 11.3 Å². The molecule has 1 atom stereocenters. The molecule has 0 bridgehead atoms. The Hall–Kier alpha value is -3.37. The molecule has 1 aromatic carbocycles. The lowest BCUT2D eigenvalue weighted by atomic mass is 10.1. The zero-order valence-corrected chi connectivity index (χ0v) is 19.7. The maximum atomic E-state index is 14.6. The number of aromatic nitrogens is 3. The minimum atomic E-state index is -0.586. The number of amides is 1. The van der Waals surface area contributed by atoms with Crippen molar-refractivity contribution in [2.24, 2.45) is 0 Å². The van der Waals surface area contributed by atoms with E-state index in [9.17, 15) is 9.18 Å². The predicted molar refractivity (Wildman–Crippen MR) is 124 cm³/mol. The summed E-state index contributed by atoms with van der Waals surface area (Å²) in [7, 11) is 0. The first kappa shape index (κ1) is 23.4. The highest BCUT2D eigenvalue weighted by atomic mass is 19.1. The van der Waals surface area contributed by atoms with Crippen LogP contribution < -0.4 is 10.1 Å². The summed E-state index contributed by atoms with van der Waals surface area (Å²) in [5, 5.41) is 6.79. The highest BCUT2D eigenvalue weighted by Crippen LogP contribution is 2.24. The Labute approximate surface area is 202 Å². The van der Waals surface area contributed by atoms with Crippen LogP contribution >= 0.6 is 0 Å². The van der Waals surface area contributed by atoms with Crippen molar-refractivity contribution < 1.29 is 23.2 Å². The van der Waals surface area contributed by atoms with Gasteiger partial charge in [-0.3, -0.25) is 14.7 Å². The minimum Gasteiger partial charge on any atom is -0.486 e. The zero-order chi connectivity index (χ0) is 24.4. The van der Waals surface area contributed by atoms with Crippen LogP contribution in [0.3, 0.4) is 0 Å². The van der Waals surface area contributed by atoms with E-state index in [0.717, 1.165) is 25.3 Å². The number of rotatable bonds is 8. The molecular formula is C25H28FN5O4. The van der Waals surface area contributed by atoms with Gasteiger partial charge in [-0.25, -0.2) is 4.39 Å². The molecule has 0 radical (unpaired) electrons. The van der Waals surface area contributed by atoms with Gasteiger partial charge in [-0.05, 0) is 30.7 Å². The normalized spacial score (nSPS) is 18.6. The highest BCUT2D eigenvalue weighted by molar-refractivity contribution is 5.95. The second-order valence-electron chi connectivity index (χ2n) is 9.24. The Morgan fingerprint density at radius 2 is 2.14 bits per heavy atom. The van der Waals surface area contributed by atoms with Crippen LogP contribution in [0.1, 0.15) is 48.3 Å². The Balaban J connectivity index is 1.13. The highest BCUT2D eigenvalue weighted by Gasteiger charge is 2.30. The van der Waals surface area contributed by atoms with Crippen molar-refractivity contribution >= 4 is 5.91 Å². The molecule has 3 aromatic rings. The summed E-state index contributed by atoms with van der Waals surface area (Å²) in [6.07, 6.45) is 2.42. The number of halogens is 1.